The van der Waals surface area contributed by atoms with Crippen LogP contribution in [0.15, 0.2) is 12.2 Å². The van der Waals surface area contributed by atoms with Crippen LogP contribution in [0, 0.1) is 17.8 Å². The molecule has 0 radical (unpaired) electrons. The Morgan fingerprint density at radius 3 is 2.76 bits per heavy atom. The van der Waals surface area contributed by atoms with Crippen molar-refractivity contribution in [3.05, 3.63) is 12.2 Å². The van der Waals surface area contributed by atoms with Crippen LogP contribution in [0.1, 0.15) is 40.0 Å². The fraction of sp³-hybridized carbons (Fsp3) is 0.786. The lowest BCUT2D eigenvalue weighted by molar-refractivity contribution is -0.178. The van der Waals surface area contributed by atoms with E-state index < -0.39 is 6.29 Å². The molecule has 0 bridgehead atoms. The van der Waals surface area contributed by atoms with Crippen LogP contribution in [0.4, 0.5) is 0 Å². The van der Waals surface area contributed by atoms with Gasteiger partial charge in [0.25, 0.3) is 0 Å². The molecule has 1 fully saturated rings. The highest BCUT2D eigenvalue weighted by Crippen LogP contribution is 2.36. The van der Waals surface area contributed by atoms with Gasteiger partial charge in [-0.1, -0.05) is 27.2 Å². The maximum atomic E-state index is 11.0. The van der Waals surface area contributed by atoms with E-state index in [0.29, 0.717) is 17.8 Å². The number of hydrogen-bond acceptors (Lipinski definition) is 3. The Labute approximate surface area is 103 Å². The van der Waals surface area contributed by atoms with Gasteiger partial charge in [-0.25, -0.2) is 4.79 Å². The van der Waals surface area contributed by atoms with Crippen LogP contribution in [-0.2, 0) is 14.3 Å². The molecule has 0 aromatic heterocycles. The van der Waals surface area contributed by atoms with Crippen LogP contribution in [-0.4, -0.2) is 18.4 Å². The molecule has 1 heterocycles. The first kappa shape index (κ1) is 12.6. The fourth-order valence-corrected chi connectivity index (χ4v) is 2.87. The van der Waals surface area contributed by atoms with Crippen LogP contribution in [0.2, 0.25) is 0 Å². The number of rotatable bonds is 3. The van der Waals surface area contributed by atoms with E-state index in [2.05, 4.69) is 20.8 Å². The van der Waals surface area contributed by atoms with Crippen LogP contribution < -0.4 is 0 Å². The molecule has 2 rings (SSSR count). The Morgan fingerprint density at radius 1 is 1.41 bits per heavy atom. The Hall–Kier alpha value is -0.830. The van der Waals surface area contributed by atoms with Crippen LogP contribution in [0.3, 0.4) is 0 Å². The lowest BCUT2D eigenvalue weighted by Crippen LogP contribution is -2.36. The molecule has 1 saturated carbocycles. The van der Waals surface area contributed by atoms with Crippen molar-refractivity contribution in [2.24, 2.45) is 17.8 Å². The zero-order chi connectivity index (χ0) is 12.4. The fourth-order valence-electron chi connectivity index (χ4n) is 2.87. The summed E-state index contributed by atoms with van der Waals surface area (Å²) in [6, 6.07) is 0. The second-order valence-corrected chi connectivity index (χ2v) is 5.67. The molecule has 17 heavy (non-hydrogen) atoms. The first-order valence-electron chi connectivity index (χ1n) is 6.60. The Bertz CT molecular complexity index is 309. The van der Waals surface area contributed by atoms with E-state index >= 15 is 0 Å². The van der Waals surface area contributed by atoms with Crippen LogP contribution in [0.25, 0.3) is 0 Å². The molecule has 0 saturated heterocycles. The van der Waals surface area contributed by atoms with Crippen molar-refractivity contribution in [1.29, 1.82) is 0 Å². The number of cyclic esters (lactones) is 1. The number of esters is 1. The molecule has 1 aliphatic heterocycles. The molecule has 3 heteroatoms. The molecule has 0 N–H and O–H groups in total. The van der Waals surface area contributed by atoms with Gasteiger partial charge in [0.15, 0.2) is 0 Å². The topological polar surface area (TPSA) is 35.5 Å². The molecular weight excluding hydrogens is 216 g/mol. The summed E-state index contributed by atoms with van der Waals surface area (Å²) in [5, 5.41) is 0. The van der Waals surface area contributed by atoms with Gasteiger partial charge in [0.2, 0.25) is 6.29 Å². The highest BCUT2D eigenvalue weighted by atomic mass is 16.7. The quantitative estimate of drug-likeness (QED) is 0.709. The van der Waals surface area contributed by atoms with E-state index in [9.17, 15) is 4.79 Å². The summed E-state index contributed by atoms with van der Waals surface area (Å²) < 4.78 is 11.0. The van der Waals surface area contributed by atoms with E-state index in [1.807, 2.05) is 0 Å². The minimum atomic E-state index is -0.459. The molecule has 1 aliphatic carbocycles. The minimum absolute atomic E-state index is 0.222. The number of carbonyl (C=O) groups excluding carboxylic acids is 1. The summed E-state index contributed by atoms with van der Waals surface area (Å²) in [6.07, 6.45) is 6.49. The monoisotopic (exact) mass is 238 g/mol. The van der Waals surface area contributed by atoms with E-state index in [-0.39, 0.29) is 12.1 Å². The molecular formula is C14H22O3. The molecule has 4 atom stereocenters. The molecule has 2 aliphatic rings. The van der Waals surface area contributed by atoms with Gasteiger partial charge in [-0.2, -0.15) is 0 Å². The van der Waals surface area contributed by atoms with Crippen molar-refractivity contribution in [2.75, 3.05) is 0 Å². The van der Waals surface area contributed by atoms with Crippen molar-refractivity contribution in [3.8, 4) is 0 Å². The maximum Gasteiger partial charge on any atom is 0.333 e. The largest absolute Gasteiger partial charge is 0.429 e. The highest BCUT2D eigenvalue weighted by Gasteiger charge is 2.34. The van der Waals surface area contributed by atoms with Crippen molar-refractivity contribution in [2.45, 2.75) is 52.4 Å². The average molecular weight is 238 g/mol. The van der Waals surface area contributed by atoms with Gasteiger partial charge in [-0.3, -0.25) is 0 Å². The van der Waals surface area contributed by atoms with Crippen LogP contribution in [0.5, 0.6) is 0 Å². The number of hydrogen-bond donors (Lipinski definition) is 0. The Balaban J connectivity index is 1.95. The normalized spacial score (nSPS) is 37.5. The summed E-state index contributed by atoms with van der Waals surface area (Å²) in [5.74, 6) is 1.61. The van der Waals surface area contributed by atoms with Crippen molar-refractivity contribution in [3.63, 3.8) is 0 Å². The predicted molar refractivity (Wildman–Crippen MR) is 65.2 cm³/mol. The van der Waals surface area contributed by atoms with Gasteiger partial charge in [0, 0.05) is 6.08 Å². The summed E-state index contributed by atoms with van der Waals surface area (Å²) >= 11 is 0. The van der Waals surface area contributed by atoms with E-state index in [4.69, 9.17) is 9.47 Å². The van der Waals surface area contributed by atoms with E-state index in [1.165, 1.54) is 18.9 Å². The number of carbonyl (C=O) groups is 1. The Morgan fingerprint density at radius 2 is 2.18 bits per heavy atom. The molecule has 0 spiro atoms. The second-order valence-electron chi connectivity index (χ2n) is 5.67. The molecule has 0 aromatic carbocycles. The zero-order valence-corrected chi connectivity index (χ0v) is 10.9. The van der Waals surface area contributed by atoms with E-state index in [1.54, 1.807) is 6.08 Å². The standard InChI is InChI=1S/C14H22O3/c1-9(2)11-5-4-10(3)8-12(11)16-14-7-6-13(15)17-14/h6-7,9-12,14H,4-5,8H2,1-3H3/t10-,11+,12-,14+/m0/s1. The molecule has 0 unspecified atom stereocenters. The predicted octanol–water partition coefficient (Wildman–Crippen LogP) is 2.90. The lowest BCUT2D eigenvalue weighted by atomic mass is 9.75. The smallest absolute Gasteiger partial charge is 0.333 e. The Kier molecular flexibility index (Phi) is 3.87. The summed E-state index contributed by atoms with van der Waals surface area (Å²) in [6.45, 7) is 6.75. The van der Waals surface area contributed by atoms with Gasteiger partial charge in [0.05, 0.1) is 6.10 Å². The molecule has 0 amide bonds. The molecule has 96 valence electrons. The second kappa shape index (κ2) is 5.21. The molecule has 0 aromatic rings. The zero-order valence-electron chi connectivity index (χ0n) is 10.9. The highest BCUT2D eigenvalue weighted by molar-refractivity contribution is 5.84. The van der Waals surface area contributed by atoms with Crippen molar-refractivity contribution < 1.29 is 14.3 Å². The SMILES string of the molecule is CC(C)[C@H]1CC[C@H](C)C[C@@H]1O[C@H]1C=CC(=O)O1. The average Bonchev–Trinajstić information content (AvgIpc) is 2.63. The van der Waals surface area contributed by atoms with Gasteiger partial charge in [0.1, 0.15) is 0 Å². The minimum Gasteiger partial charge on any atom is -0.429 e. The molecule has 3 nitrogen and oxygen atoms in total. The third kappa shape index (κ3) is 3.09. The van der Waals surface area contributed by atoms with Crippen LogP contribution >= 0.6 is 0 Å². The van der Waals surface area contributed by atoms with Gasteiger partial charge in [-0.15, -0.1) is 0 Å². The van der Waals surface area contributed by atoms with E-state index in [0.717, 1.165) is 6.42 Å². The lowest BCUT2D eigenvalue weighted by Gasteiger charge is -2.37. The maximum absolute atomic E-state index is 11.0. The third-order valence-electron chi connectivity index (χ3n) is 3.89. The van der Waals surface area contributed by atoms with Crippen molar-refractivity contribution >= 4 is 5.97 Å². The first-order valence-corrected chi connectivity index (χ1v) is 6.60. The summed E-state index contributed by atoms with van der Waals surface area (Å²) in [5.41, 5.74) is 0. The van der Waals surface area contributed by atoms with Gasteiger partial charge < -0.3 is 9.47 Å². The summed E-state index contributed by atoms with van der Waals surface area (Å²) in [4.78, 5) is 11.0. The number of ether oxygens (including phenoxy) is 2. The van der Waals surface area contributed by atoms with Gasteiger partial charge >= 0.3 is 5.97 Å². The summed E-state index contributed by atoms with van der Waals surface area (Å²) in [7, 11) is 0. The van der Waals surface area contributed by atoms with Gasteiger partial charge in [-0.05, 0) is 36.7 Å². The van der Waals surface area contributed by atoms with Crippen molar-refractivity contribution in [1.82, 2.24) is 0 Å². The third-order valence-corrected chi connectivity index (χ3v) is 3.89. The first-order chi connectivity index (χ1) is 8.06.